The topological polar surface area (TPSA) is 46.0 Å². The predicted octanol–water partition coefficient (Wildman–Crippen LogP) is 1.64. The first-order chi connectivity index (χ1) is 8.75. The van der Waals surface area contributed by atoms with E-state index in [4.69, 9.17) is 0 Å². The van der Waals surface area contributed by atoms with E-state index < -0.39 is 0 Å². The van der Waals surface area contributed by atoms with E-state index in [9.17, 15) is 0 Å². The van der Waals surface area contributed by atoms with Crippen LogP contribution in [0.5, 0.6) is 0 Å². The van der Waals surface area contributed by atoms with Gasteiger partial charge in [0, 0.05) is 19.6 Å². The number of hydrogen-bond donors (Lipinski definition) is 1. The fourth-order valence-electron chi connectivity index (χ4n) is 2.32. The van der Waals surface area contributed by atoms with E-state index in [0.717, 1.165) is 18.9 Å². The molecule has 0 aliphatic carbocycles. The fourth-order valence-corrected chi connectivity index (χ4v) is 2.32. The number of para-hydroxylation sites is 2. The van der Waals surface area contributed by atoms with Crippen molar-refractivity contribution < 1.29 is 0 Å². The van der Waals surface area contributed by atoms with Crippen LogP contribution >= 0.6 is 0 Å². The summed E-state index contributed by atoms with van der Waals surface area (Å²) in [5.41, 5.74) is 2.43. The lowest BCUT2D eigenvalue weighted by atomic mass is 10.1. The van der Waals surface area contributed by atoms with E-state index in [2.05, 4.69) is 51.6 Å². The van der Waals surface area contributed by atoms with Crippen LogP contribution in [0.2, 0.25) is 0 Å². The molecule has 18 heavy (non-hydrogen) atoms. The van der Waals surface area contributed by atoms with Gasteiger partial charge in [0.1, 0.15) is 6.33 Å². The maximum Gasteiger partial charge on any atom is 0.152 e. The molecule has 0 saturated heterocycles. The molecule has 0 fully saturated rings. The number of nitrogens with one attached hydrogen (secondary N) is 1. The Morgan fingerprint density at radius 2 is 2.22 bits per heavy atom. The van der Waals surface area contributed by atoms with Crippen LogP contribution in [0.1, 0.15) is 12.7 Å². The molecular weight excluding hydrogens is 226 g/mol. The largest absolute Gasteiger partial charge is 0.381 e. The second kappa shape index (κ2) is 4.33. The summed E-state index contributed by atoms with van der Waals surface area (Å²) in [4.78, 5) is 2.37. The number of benzene rings is 1. The summed E-state index contributed by atoms with van der Waals surface area (Å²) in [6, 6.07) is 8.83. The Kier molecular flexibility index (Phi) is 2.66. The minimum atomic E-state index is 0.441. The number of aromatic nitrogens is 3. The normalized spacial score (nSPS) is 18.3. The van der Waals surface area contributed by atoms with Crippen LogP contribution in [0.15, 0.2) is 30.6 Å². The summed E-state index contributed by atoms with van der Waals surface area (Å²) in [6.07, 6.45) is 1.74. The number of nitrogens with zero attached hydrogens (tertiary/aromatic N) is 4. The molecule has 2 heterocycles. The van der Waals surface area contributed by atoms with Crippen LogP contribution in [-0.4, -0.2) is 27.4 Å². The summed E-state index contributed by atoms with van der Waals surface area (Å²) < 4.78 is 1.97. The van der Waals surface area contributed by atoms with Crippen LogP contribution in [0.25, 0.3) is 0 Å². The number of anilines is 2. The maximum absolute atomic E-state index is 4.17. The molecule has 2 aromatic rings. The first-order valence-electron chi connectivity index (χ1n) is 6.18. The smallest absolute Gasteiger partial charge is 0.152 e. The molecule has 5 nitrogen and oxygen atoms in total. The van der Waals surface area contributed by atoms with Gasteiger partial charge >= 0.3 is 0 Å². The predicted molar refractivity (Wildman–Crippen MR) is 71.6 cm³/mol. The minimum Gasteiger partial charge on any atom is -0.381 e. The molecule has 1 atom stereocenters. The molecule has 1 aromatic heterocycles. The molecule has 0 spiro atoms. The molecule has 1 unspecified atom stereocenters. The van der Waals surface area contributed by atoms with Crippen LogP contribution < -0.4 is 10.2 Å². The van der Waals surface area contributed by atoms with Gasteiger partial charge in [0.15, 0.2) is 5.82 Å². The molecule has 0 bridgehead atoms. The van der Waals surface area contributed by atoms with Gasteiger partial charge in [-0.25, -0.2) is 0 Å². The minimum absolute atomic E-state index is 0.441. The van der Waals surface area contributed by atoms with Gasteiger partial charge in [-0.15, -0.1) is 10.2 Å². The van der Waals surface area contributed by atoms with Crippen molar-refractivity contribution in [3.63, 3.8) is 0 Å². The third kappa shape index (κ3) is 1.81. The van der Waals surface area contributed by atoms with E-state index in [1.807, 2.05) is 11.6 Å². The third-order valence-electron chi connectivity index (χ3n) is 3.45. The van der Waals surface area contributed by atoms with Crippen LogP contribution in [0, 0.1) is 0 Å². The Bertz CT molecular complexity index is 548. The summed E-state index contributed by atoms with van der Waals surface area (Å²) in [5, 5.41) is 11.6. The second-order valence-electron chi connectivity index (χ2n) is 4.73. The Hall–Kier alpha value is -2.04. The van der Waals surface area contributed by atoms with Crippen LogP contribution in [0.4, 0.5) is 11.4 Å². The summed E-state index contributed by atoms with van der Waals surface area (Å²) in [5.74, 6) is 0.985. The lowest BCUT2D eigenvalue weighted by Crippen LogP contribution is -2.42. The number of fused-ring (bicyclic) bond motifs is 1. The molecule has 1 aromatic carbocycles. The molecule has 0 amide bonds. The van der Waals surface area contributed by atoms with Gasteiger partial charge in [-0.1, -0.05) is 12.1 Å². The first-order valence-corrected chi connectivity index (χ1v) is 6.18. The highest BCUT2D eigenvalue weighted by Crippen LogP contribution is 2.31. The van der Waals surface area contributed by atoms with E-state index >= 15 is 0 Å². The zero-order valence-corrected chi connectivity index (χ0v) is 10.7. The van der Waals surface area contributed by atoms with Crippen molar-refractivity contribution in [3.8, 4) is 0 Å². The monoisotopic (exact) mass is 243 g/mol. The average molecular weight is 243 g/mol. The Morgan fingerprint density at radius 1 is 1.39 bits per heavy atom. The molecule has 1 aliphatic rings. The van der Waals surface area contributed by atoms with Crippen LogP contribution in [0.3, 0.4) is 0 Å². The molecule has 0 radical (unpaired) electrons. The van der Waals surface area contributed by atoms with Crippen molar-refractivity contribution in [2.45, 2.75) is 19.5 Å². The van der Waals surface area contributed by atoms with E-state index in [1.54, 1.807) is 6.33 Å². The zero-order chi connectivity index (χ0) is 12.5. The zero-order valence-electron chi connectivity index (χ0n) is 10.7. The standard InChI is InChI=1S/C13H17N5/c1-10-7-14-11-5-3-4-6-12(11)18(10)8-13-16-15-9-17(13)2/h3-6,9-10,14H,7-8H2,1-2H3. The van der Waals surface area contributed by atoms with Gasteiger partial charge in [0.25, 0.3) is 0 Å². The maximum atomic E-state index is 4.17. The fraction of sp³-hybridized carbons (Fsp3) is 0.385. The van der Waals surface area contributed by atoms with E-state index in [-0.39, 0.29) is 0 Å². The highest BCUT2D eigenvalue weighted by molar-refractivity contribution is 5.72. The molecular formula is C13H17N5. The molecule has 5 heteroatoms. The molecule has 0 saturated carbocycles. The SMILES string of the molecule is CC1CNc2ccccc2N1Cc1nncn1C. The Balaban J connectivity index is 1.93. The van der Waals surface area contributed by atoms with E-state index in [0.29, 0.717) is 6.04 Å². The van der Waals surface area contributed by atoms with Gasteiger partial charge in [0.2, 0.25) is 0 Å². The molecule has 3 rings (SSSR count). The first kappa shape index (κ1) is 11.1. The van der Waals surface area contributed by atoms with Crippen molar-refractivity contribution in [3.05, 3.63) is 36.4 Å². The quantitative estimate of drug-likeness (QED) is 0.871. The molecule has 94 valence electrons. The van der Waals surface area contributed by atoms with E-state index in [1.165, 1.54) is 11.4 Å². The molecule has 1 N–H and O–H groups in total. The third-order valence-corrected chi connectivity index (χ3v) is 3.45. The van der Waals surface area contributed by atoms with Crippen molar-refractivity contribution in [1.29, 1.82) is 0 Å². The van der Waals surface area contributed by atoms with Crippen molar-refractivity contribution in [1.82, 2.24) is 14.8 Å². The number of hydrogen-bond acceptors (Lipinski definition) is 4. The number of rotatable bonds is 2. The Labute approximate surface area is 106 Å². The van der Waals surface area contributed by atoms with Crippen LogP contribution in [-0.2, 0) is 13.6 Å². The molecule has 1 aliphatic heterocycles. The van der Waals surface area contributed by atoms with Gasteiger partial charge in [0.05, 0.1) is 17.9 Å². The average Bonchev–Trinajstić information content (AvgIpc) is 2.79. The lowest BCUT2D eigenvalue weighted by Gasteiger charge is -2.37. The van der Waals surface area contributed by atoms with Gasteiger partial charge in [-0.2, -0.15) is 0 Å². The number of aryl methyl sites for hydroxylation is 1. The second-order valence-corrected chi connectivity index (χ2v) is 4.73. The highest BCUT2D eigenvalue weighted by Gasteiger charge is 2.23. The van der Waals surface area contributed by atoms with Gasteiger partial charge in [-0.3, -0.25) is 0 Å². The van der Waals surface area contributed by atoms with Crippen molar-refractivity contribution in [2.24, 2.45) is 7.05 Å². The van der Waals surface area contributed by atoms with Crippen molar-refractivity contribution >= 4 is 11.4 Å². The summed E-state index contributed by atoms with van der Waals surface area (Å²) >= 11 is 0. The summed E-state index contributed by atoms with van der Waals surface area (Å²) in [7, 11) is 1.98. The lowest BCUT2D eigenvalue weighted by molar-refractivity contribution is 0.613. The highest BCUT2D eigenvalue weighted by atomic mass is 15.3. The van der Waals surface area contributed by atoms with Gasteiger partial charge in [-0.05, 0) is 19.1 Å². The summed E-state index contributed by atoms with van der Waals surface area (Å²) in [6.45, 7) is 3.96. The van der Waals surface area contributed by atoms with Gasteiger partial charge < -0.3 is 14.8 Å². The van der Waals surface area contributed by atoms with Crippen molar-refractivity contribution in [2.75, 3.05) is 16.8 Å². The Morgan fingerprint density at radius 3 is 3.00 bits per heavy atom.